The third-order valence-electron chi connectivity index (χ3n) is 4.41. The normalized spacial score (nSPS) is 14.5. The molecule has 2 N–H and O–H groups in total. The zero-order valence-electron chi connectivity index (χ0n) is 13.4. The van der Waals surface area contributed by atoms with Crippen LogP contribution in [0.3, 0.4) is 0 Å². The van der Waals surface area contributed by atoms with Crippen molar-refractivity contribution in [3.05, 3.63) is 52.8 Å². The topological polar surface area (TPSA) is 90.8 Å². The fourth-order valence-corrected chi connectivity index (χ4v) is 3.15. The average Bonchev–Trinajstić information content (AvgIpc) is 3.11. The maximum atomic E-state index is 9.86. The summed E-state index contributed by atoms with van der Waals surface area (Å²) in [4.78, 5) is 6.68. The minimum Gasteiger partial charge on any atom is -0.508 e. The average molecular weight is 322 g/mol. The van der Waals surface area contributed by atoms with Gasteiger partial charge in [0.25, 0.3) is 0 Å². The van der Waals surface area contributed by atoms with Crippen molar-refractivity contribution < 1.29 is 5.11 Å². The van der Waals surface area contributed by atoms with E-state index in [1.165, 1.54) is 11.1 Å². The van der Waals surface area contributed by atoms with E-state index in [-0.39, 0.29) is 0 Å². The molecule has 3 aromatic rings. The molecule has 0 spiro atoms. The molecule has 1 aromatic carbocycles. The number of nitrogens with one attached hydrogen (secondary N) is 1. The van der Waals surface area contributed by atoms with Gasteiger partial charge in [0.1, 0.15) is 5.75 Å². The van der Waals surface area contributed by atoms with Crippen LogP contribution in [-0.2, 0) is 19.5 Å². The number of hydrogen-bond donors (Lipinski definition) is 2. The molecule has 7 nitrogen and oxygen atoms in total. The molecule has 0 radical (unpaired) electrons. The van der Waals surface area contributed by atoms with Crippen LogP contribution in [0.15, 0.2) is 30.6 Å². The van der Waals surface area contributed by atoms with Crippen molar-refractivity contribution in [2.24, 2.45) is 0 Å². The lowest BCUT2D eigenvalue weighted by atomic mass is 9.96. The SMILES string of the molecule is Cc1cc2c(cc1O)CCN(Cc1cncc(-c3nn[nH]n3)c1)C2. The second-order valence-corrected chi connectivity index (χ2v) is 6.19. The number of aromatic nitrogens is 5. The number of aromatic amines is 1. The number of aryl methyl sites for hydroxylation is 1. The largest absolute Gasteiger partial charge is 0.508 e. The Labute approximate surface area is 139 Å². The molecule has 0 saturated heterocycles. The molecule has 0 atom stereocenters. The highest BCUT2D eigenvalue weighted by Crippen LogP contribution is 2.27. The molecule has 0 aliphatic carbocycles. The summed E-state index contributed by atoms with van der Waals surface area (Å²) in [7, 11) is 0. The van der Waals surface area contributed by atoms with Crippen molar-refractivity contribution in [3.63, 3.8) is 0 Å². The molecule has 0 saturated carbocycles. The van der Waals surface area contributed by atoms with Gasteiger partial charge in [0.2, 0.25) is 5.82 Å². The number of benzene rings is 1. The molecule has 1 aliphatic heterocycles. The first kappa shape index (κ1) is 14.8. The summed E-state index contributed by atoms with van der Waals surface area (Å²) in [5.74, 6) is 0.943. The highest BCUT2D eigenvalue weighted by atomic mass is 16.3. The second kappa shape index (κ2) is 6.01. The van der Waals surface area contributed by atoms with Crippen molar-refractivity contribution in [2.45, 2.75) is 26.4 Å². The standard InChI is InChI=1S/C17H18N6O/c1-11-4-15-10-23(3-2-13(15)6-16(11)24)9-12-5-14(8-18-7-12)17-19-21-22-20-17/h4-8,24H,2-3,9-10H2,1H3,(H,19,20,21,22). The first-order chi connectivity index (χ1) is 11.7. The van der Waals surface area contributed by atoms with Crippen molar-refractivity contribution in [3.8, 4) is 17.1 Å². The van der Waals surface area contributed by atoms with E-state index in [2.05, 4.69) is 42.6 Å². The molecule has 1 aliphatic rings. The van der Waals surface area contributed by atoms with E-state index in [4.69, 9.17) is 0 Å². The highest BCUT2D eigenvalue weighted by molar-refractivity contribution is 5.53. The van der Waals surface area contributed by atoms with E-state index >= 15 is 0 Å². The van der Waals surface area contributed by atoms with Gasteiger partial charge in [0, 0.05) is 37.6 Å². The third-order valence-corrected chi connectivity index (χ3v) is 4.41. The number of aromatic hydroxyl groups is 1. The first-order valence-electron chi connectivity index (χ1n) is 7.90. The van der Waals surface area contributed by atoms with Crippen LogP contribution < -0.4 is 0 Å². The molecule has 3 heterocycles. The predicted molar refractivity (Wildman–Crippen MR) is 88.1 cm³/mol. The van der Waals surface area contributed by atoms with Gasteiger partial charge in [-0.1, -0.05) is 6.07 Å². The Kier molecular flexibility index (Phi) is 3.70. The second-order valence-electron chi connectivity index (χ2n) is 6.19. The smallest absolute Gasteiger partial charge is 0.206 e. The summed E-state index contributed by atoms with van der Waals surface area (Å²) < 4.78 is 0. The van der Waals surface area contributed by atoms with Gasteiger partial charge in [-0.05, 0) is 52.9 Å². The van der Waals surface area contributed by atoms with E-state index in [9.17, 15) is 5.11 Å². The number of phenolic OH excluding ortho intramolecular Hbond substituents is 1. The fraction of sp³-hybridized carbons (Fsp3) is 0.294. The van der Waals surface area contributed by atoms with Crippen LogP contribution >= 0.6 is 0 Å². The van der Waals surface area contributed by atoms with E-state index in [0.29, 0.717) is 11.6 Å². The molecule has 0 amide bonds. The van der Waals surface area contributed by atoms with Crippen LogP contribution in [0, 0.1) is 6.92 Å². The Hall–Kier alpha value is -2.80. The number of phenols is 1. The predicted octanol–water partition coefficient (Wildman–Crippen LogP) is 1.83. The Balaban J connectivity index is 1.52. The van der Waals surface area contributed by atoms with Gasteiger partial charge in [0.05, 0.1) is 0 Å². The molecular formula is C17H18N6O. The van der Waals surface area contributed by atoms with Gasteiger partial charge in [-0.15, -0.1) is 10.2 Å². The van der Waals surface area contributed by atoms with Gasteiger partial charge in [-0.2, -0.15) is 5.21 Å². The van der Waals surface area contributed by atoms with E-state index in [1.54, 1.807) is 6.20 Å². The minimum atomic E-state index is 0.388. The van der Waals surface area contributed by atoms with Crippen molar-refractivity contribution in [2.75, 3.05) is 6.54 Å². The number of hydrogen-bond acceptors (Lipinski definition) is 6. The Morgan fingerprint density at radius 3 is 2.96 bits per heavy atom. The molecule has 0 fully saturated rings. The lowest BCUT2D eigenvalue weighted by molar-refractivity contribution is 0.245. The van der Waals surface area contributed by atoms with E-state index in [1.807, 2.05) is 19.2 Å². The molecule has 122 valence electrons. The quantitative estimate of drug-likeness (QED) is 0.764. The molecule has 7 heteroatoms. The molecule has 4 rings (SSSR count). The van der Waals surface area contributed by atoms with Gasteiger partial charge in [-0.25, -0.2) is 0 Å². The van der Waals surface area contributed by atoms with Crippen LogP contribution in [0.5, 0.6) is 5.75 Å². The maximum absolute atomic E-state index is 9.86. The Morgan fingerprint density at radius 1 is 1.21 bits per heavy atom. The lowest BCUT2D eigenvalue weighted by Gasteiger charge is -2.29. The number of rotatable bonds is 3. The summed E-state index contributed by atoms with van der Waals surface area (Å²) >= 11 is 0. The van der Waals surface area contributed by atoms with Crippen LogP contribution in [0.4, 0.5) is 0 Å². The van der Waals surface area contributed by atoms with Gasteiger partial charge < -0.3 is 5.11 Å². The van der Waals surface area contributed by atoms with Gasteiger partial charge in [0.15, 0.2) is 0 Å². The van der Waals surface area contributed by atoms with E-state index < -0.39 is 0 Å². The van der Waals surface area contributed by atoms with Crippen molar-refractivity contribution in [1.82, 2.24) is 30.5 Å². The van der Waals surface area contributed by atoms with Crippen LogP contribution in [0.1, 0.15) is 22.3 Å². The number of pyridine rings is 1. The Morgan fingerprint density at radius 2 is 2.12 bits per heavy atom. The fourth-order valence-electron chi connectivity index (χ4n) is 3.15. The van der Waals surface area contributed by atoms with Gasteiger partial charge >= 0.3 is 0 Å². The molecule has 0 bridgehead atoms. The summed E-state index contributed by atoms with van der Waals surface area (Å²) in [6.07, 6.45) is 4.56. The van der Waals surface area contributed by atoms with Crippen molar-refractivity contribution in [1.29, 1.82) is 0 Å². The monoisotopic (exact) mass is 322 g/mol. The summed E-state index contributed by atoms with van der Waals surface area (Å²) in [5, 5.41) is 23.9. The summed E-state index contributed by atoms with van der Waals surface area (Å²) in [5.41, 5.74) is 5.44. The van der Waals surface area contributed by atoms with Crippen LogP contribution in [0.2, 0.25) is 0 Å². The van der Waals surface area contributed by atoms with Crippen LogP contribution in [-0.4, -0.2) is 42.2 Å². The molecule has 24 heavy (non-hydrogen) atoms. The number of tetrazole rings is 1. The van der Waals surface area contributed by atoms with Gasteiger partial charge in [-0.3, -0.25) is 9.88 Å². The number of H-pyrrole nitrogens is 1. The Bertz CT molecular complexity index is 862. The summed E-state index contributed by atoms with van der Waals surface area (Å²) in [6, 6.07) is 6.04. The lowest BCUT2D eigenvalue weighted by Crippen LogP contribution is -2.30. The zero-order chi connectivity index (χ0) is 16.5. The van der Waals surface area contributed by atoms with Crippen molar-refractivity contribution >= 4 is 0 Å². The third kappa shape index (κ3) is 2.85. The first-order valence-corrected chi connectivity index (χ1v) is 7.90. The van der Waals surface area contributed by atoms with Crippen LogP contribution in [0.25, 0.3) is 11.4 Å². The minimum absolute atomic E-state index is 0.388. The molecular weight excluding hydrogens is 304 g/mol. The zero-order valence-corrected chi connectivity index (χ0v) is 13.4. The number of nitrogens with zero attached hydrogens (tertiary/aromatic N) is 5. The number of fused-ring (bicyclic) bond motifs is 1. The molecule has 0 unspecified atom stereocenters. The maximum Gasteiger partial charge on any atom is 0.206 e. The summed E-state index contributed by atoms with van der Waals surface area (Å²) in [6.45, 7) is 4.59. The molecule has 2 aromatic heterocycles. The highest BCUT2D eigenvalue weighted by Gasteiger charge is 2.18. The van der Waals surface area contributed by atoms with E-state index in [0.717, 1.165) is 42.7 Å².